The number of ether oxygens (including phenoxy) is 1. The topological polar surface area (TPSA) is 84.4 Å². The normalized spacial score (nSPS) is 15.4. The van der Waals surface area contributed by atoms with Gasteiger partial charge in [-0.3, -0.25) is 9.59 Å². The molecule has 1 aromatic heterocycles. The van der Waals surface area contributed by atoms with E-state index in [0.717, 1.165) is 18.4 Å². The number of methoxy groups -OCH3 is 1. The fourth-order valence-electron chi connectivity index (χ4n) is 4.00. The van der Waals surface area contributed by atoms with E-state index in [0.29, 0.717) is 34.9 Å². The van der Waals surface area contributed by atoms with Gasteiger partial charge in [0.2, 0.25) is 0 Å². The Labute approximate surface area is 191 Å². The van der Waals surface area contributed by atoms with Crippen LogP contribution in [0.5, 0.6) is 5.75 Å². The first-order valence-electron chi connectivity index (χ1n) is 10.8. The lowest BCUT2D eigenvalue weighted by Crippen LogP contribution is -2.32. The van der Waals surface area contributed by atoms with Crippen LogP contribution in [0.15, 0.2) is 54.7 Å². The van der Waals surface area contributed by atoms with Crippen LogP contribution in [0.2, 0.25) is 0 Å². The van der Waals surface area contributed by atoms with Crippen molar-refractivity contribution in [2.45, 2.75) is 32.4 Å². The highest BCUT2D eigenvalue weighted by molar-refractivity contribution is 5.97. The number of rotatable bonds is 6. The summed E-state index contributed by atoms with van der Waals surface area (Å²) in [5.41, 5.74) is 2.19. The molecule has 0 bridgehead atoms. The molecule has 33 heavy (non-hydrogen) atoms. The Morgan fingerprint density at radius 1 is 1.15 bits per heavy atom. The van der Waals surface area contributed by atoms with Crippen molar-refractivity contribution in [3.63, 3.8) is 0 Å². The van der Waals surface area contributed by atoms with Crippen molar-refractivity contribution < 1.29 is 18.7 Å². The van der Waals surface area contributed by atoms with Crippen LogP contribution in [-0.2, 0) is 6.54 Å². The van der Waals surface area contributed by atoms with Crippen molar-refractivity contribution in [1.29, 1.82) is 0 Å². The van der Waals surface area contributed by atoms with Gasteiger partial charge in [0.15, 0.2) is 5.82 Å². The molecule has 7 nitrogen and oxygen atoms in total. The van der Waals surface area contributed by atoms with Crippen LogP contribution in [-0.4, -0.2) is 40.3 Å². The van der Waals surface area contributed by atoms with Gasteiger partial charge in [-0.15, -0.1) is 0 Å². The number of aromatic nitrogens is 2. The molecule has 1 atom stereocenters. The van der Waals surface area contributed by atoms with Gasteiger partial charge in [0.1, 0.15) is 11.6 Å². The lowest BCUT2D eigenvalue weighted by molar-refractivity contribution is 0.0725. The van der Waals surface area contributed by atoms with Crippen LogP contribution in [0.1, 0.15) is 56.7 Å². The summed E-state index contributed by atoms with van der Waals surface area (Å²) in [5, 5.41) is 2.81. The molecule has 1 saturated heterocycles. The third kappa shape index (κ3) is 4.84. The fraction of sp³-hybridized carbons (Fsp3) is 0.280. The molecular formula is C25H25FN4O3. The van der Waals surface area contributed by atoms with Gasteiger partial charge >= 0.3 is 0 Å². The molecule has 3 aromatic rings. The van der Waals surface area contributed by atoms with Gasteiger partial charge in [-0.05, 0) is 49.6 Å². The maximum absolute atomic E-state index is 13.2. The van der Waals surface area contributed by atoms with Gasteiger partial charge in [0.05, 0.1) is 30.0 Å². The minimum atomic E-state index is -0.324. The van der Waals surface area contributed by atoms with Crippen molar-refractivity contribution in [3.05, 3.63) is 88.8 Å². The third-order valence-electron chi connectivity index (χ3n) is 5.76. The number of benzene rings is 2. The smallest absolute Gasteiger partial charge is 0.258 e. The summed E-state index contributed by atoms with van der Waals surface area (Å²) in [5.74, 6) is 0.283. The van der Waals surface area contributed by atoms with E-state index in [-0.39, 0.29) is 30.2 Å². The average Bonchev–Trinajstić information content (AvgIpc) is 3.33. The highest BCUT2D eigenvalue weighted by Gasteiger charge is 2.34. The molecule has 1 N–H and O–H groups in total. The zero-order valence-corrected chi connectivity index (χ0v) is 18.5. The average molecular weight is 448 g/mol. The van der Waals surface area contributed by atoms with Crippen LogP contribution in [0, 0.1) is 12.7 Å². The number of hydrogen-bond donors (Lipinski definition) is 1. The molecule has 1 aliphatic heterocycles. The van der Waals surface area contributed by atoms with Crippen LogP contribution in [0.4, 0.5) is 4.39 Å². The monoisotopic (exact) mass is 448 g/mol. The highest BCUT2D eigenvalue weighted by Crippen LogP contribution is 2.33. The Morgan fingerprint density at radius 2 is 1.91 bits per heavy atom. The Morgan fingerprint density at radius 3 is 2.64 bits per heavy atom. The highest BCUT2D eigenvalue weighted by atomic mass is 19.1. The van der Waals surface area contributed by atoms with E-state index in [1.807, 2.05) is 6.07 Å². The largest absolute Gasteiger partial charge is 0.496 e. The molecule has 2 heterocycles. The number of nitrogens with one attached hydrogen (secondary N) is 1. The van der Waals surface area contributed by atoms with Gasteiger partial charge in [0, 0.05) is 19.3 Å². The predicted molar refractivity (Wildman–Crippen MR) is 120 cm³/mol. The number of amides is 2. The van der Waals surface area contributed by atoms with Crippen LogP contribution >= 0.6 is 0 Å². The molecule has 0 aliphatic carbocycles. The summed E-state index contributed by atoms with van der Waals surface area (Å²) in [6, 6.07) is 12.8. The van der Waals surface area contributed by atoms with Crippen LogP contribution in [0.25, 0.3) is 0 Å². The second-order valence-electron chi connectivity index (χ2n) is 7.89. The summed E-state index contributed by atoms with van der Waals surface area (Å²) in [6.07, 6.45) is 3.09. The van der Waals surface area contributed by atoms with Crippen molar-refractivity contribution in [2.24, 2.45) is 0 Å². The third-order valence-corrected chi connectivity index (χ3v) is 5.76. The summed E-state index contributed by atoms with van der Waals surface area (Å²) >= 11 is 0. The zero-order chi connectivity index (χ0) is 23.4. The molecule has 0 saturated carbocycles. The van der Waals surface area contributed by atoms with Gasteiger partial charge in [0.25, 0.3) is 11.8 Å². The minimum Gasteiger partial charge on any atom is -0.496 e. The quantitative estimate of drug-likeness (QED) is 0.619. The number of likely N-dealkylation sites (tertiary alicyclic amines) is 1. The number of nitrogens with zero attached hydrogens (tertiary/aromatic N) is 3. The molecular weight excluding hydrogens is 423 g/mol. The lowest BCUT2D eigenvalue weighted by atomic mass is 10.1. The number of aryl methyl sites for hydroxylation is 1. The second kappa shape index (κ2) is 9.77. The summed E-state index contributed by atoms with van der Waals surface area (Å²) < 4.78 is 18.4. The van der Waals surface area contributed by atoms with E-state index in [9.17, 15) is 14.0 Å². The van der Waals surface area contributed by atoms with E-state index < -0.39 is 0 Å². The minimum absolute atomic E-state index is 0.127. The van der Waals surface area contributed by atoms with Crippen molar-refractivity contribution in [2.75, 3.05) is 13.7 Å². The Hall–Kier alpha value is -3.81. The fourth-order valence-corrected chi connectivity index (χ4v) is 4.00. The standard InChI is InChI=1S/C25H25FN4O3/c1-16-20(24(31)28-14-17-9-11-18(26)12-10-17)15-27-23(29-16)21-7-5-13-30(21)25(32)19-6-3-4-8-22(19)33-2/h3-4,6,8-12,15,21H,5,7,13-14H2,1-2H3,(H,28,31)/t21-/m1/s1. The Bertz CT molecular complexity index is 1170. The number of carbonyl (C=O) groups excluding carboxylic acids is 2. The molecule has 1 fully saturated rings. The molecule has 2 amide bonds. The van der Waals surface area contributed by atoms with Gasteiger partial charge in [-0.1, -0.05) is 24.3 Å². The number of para-hydroxylation sites is 1. The maximum atomic E-state index is 13.2. The molecule has 1 aliphatic rings. The van der Waals surface area contributed by atoms with Gasteiger partial charge in [-0.25, -0.2) is 14.4 Å². The second-order valence-corrected chi connectivity index (χ2v) is 7.89. The Kier molecular flexibility index (Phi) is 6.63. The van der Waals surface area contributed by atoms with Crippen molar-refractivity contribution >= 4 is 11.8 Å². The summed E-state index contributed by atoms with van der Waals surface area (Å²) in [7, 11) is 1.54. The number of hydrogen-bond acceptors (Lipinski definition) is 5. The molecule has 2 aromatic carbocycles. The van der Waals surface area contributed by atoms with Gasteiger partial charge in [-0.2, -0.15) is 0 Å². The van der Waals surface area contributed by atoms with E-state index in [2.05, 4.69) is 15.3 Å². The van der Waals surface area contributed by atoms with E-state index in [1.54, 1.807) is 49.3 Å². The molecule has 0 radical (unpaired) electrons. The molecule has 8 heteroatoms. The summed E-state index contributed by atoms with van der Waals surface area (Å²) in [6.45, 7) is 2.62. The van der Waals surface area contributed by atoms with Crippen LogP contribution in [0.3, 0.4) is 0 Å². The van der Waals surface area contributed by atoms with Crippen molar-refractivity contribution in [1.82, 2.24) is 20.2 Å². The molecule has 0 spiro atoms. The van der Waals surface area contributed by atoms with Crippen molar-refractivity contribution in [3.8, 4) is 5.75 Å². The molecule has 0 unspecified atom stereocenters. The number of carbonyl (C=O) groups is 2. The van der Waals surface area contributed by atoms with Crippen LogP contribution < -0.4 is 10.1 Å². The predicted octanol–water partition coefficient (Wildman–Crippen LogP) is 3.84. The molecule has 170 valence electrons. The first-order chi connectivity index (χ1) is 16.0. The first-order valence-corrected chi connectivity index (χ1v) is 10.8. The zero-order valence-electron chi connectivity index (χ0n) is 18.5. The van der Waals surface area contributed by atoms with Gasteiger partial charge < -0.3 is 15.0 Å². The maximum Gasteiger partial charge on any atom is 0.258 e. The summed E-state index contributed by atoms with van der Waals surface area (Å²) in [4.78, 5) is 36.6. The van der Waals surface area contributed by atoms with E-state index >= 15 is 0 Å². The first kappa shape index (κ1) is 22.4. The molecule has 4 rings (SSSR count). The SMILES string of the molecule is COc1ccccc1C(=O)N1CCC[C@@H]1c1ncc(C(=O)NCc2ccc(F)cc2)c(C)n1. The Balaban J connectivity index is 1.49. The van der Waals surface area contributed by atoms with E-state index in [4.69, 9.17) is 4.74 Å². The number of halogens is 1. The van der Waals surface area contributed by atoms with E-state index in [1.165, 1.54) is 18.3 Å². The lowest BCUT2D eigenvalue weighted by Gasteiger charge is -2.24.